The average molecular weight is 353 g/mol. The van der Waals surface area contributed by atoms with Crippen molar-refractivity contribution in [1.29, 1.82) is 0 Å². The van der Waals surface area contributed by atoms with Crippen LogP contribution in [0.25, 0.3) is 6.08 Å². The first kappa shape index (κ1) is 18.0. The van der Waals surface area contributed by atoms with Crippen molar-refractivity contribution in [2.75, 3.05) is 18.4 Å². The minimum absolute atomic E-state index is 0.102. The second-order valence-corrected chi connectivity index (χ2v) is 6.53. The van der Waals surface area contributed by atoms with E-state index in [0.29, 0.717) is 5.69 Å². The molecule has 4 N–H and O–H groups in total. The van der Waals surface area contributed by atoms with Crippen LogP contribution in [0.15, 0.2) is 42.6 Å². The van der Waals surface area contributed by atoms with E-state index in [2.05, 4.69) is 44.9 Å². The van der Waals surface area contributed by atoms with Crippen molar-refractivity contribution in [2.45, 2.75) is 25.3 Å². The van der Waals surface area contributed by atoms with Gasteiger partial charge in [-0.25, -0.2) is 15.4 Å². The van der Waals surface area contributed by atoms with Crippen LogP contribution in [0.3, 0.4) is 0 Å². The molecular weight excluding hydrogens is 330 g/mol. The summed E-state index contributed by atoms with van der Waals surface area (Å²) in [5, 5.41) is 15.5. The normalized spacial score (nSPS) is 19.6. The standard InChI is InChI=1S/C19H23N5O2/c1-14-18(21-12-16(22-14)7-8-17(25)24-26)23-19(9-10-20-13-19)11-15-5-3-2-4-6-15/h2-8,12,20,26H,9-11,13H2,1H3,(H,21,23)(H,24,25)/b8-7+/t19-/m0/s1. The van der Waals surface area contributed by atoms with Crippen LogP contribution in [0.1, 0.15) is 23.4 Å². The third-order valence-corrected chi connectivity index (χ3v) is 4.49. The lowest BCUT2D eigenvalue weighted by Crippen LogP contribution is -2.43. The number of anilines is 1. The average Bonchev–Trinajstić information content (AvgIpc) is 3.10. The van der Waals surface area contributed by atoms with Crippen LogP contribution in [0.2, 0.25) is 0 Å². The maximum absolute atomic E-state index is 11.1. The minimum Gasteiger partial charge on any atom is -0.361 e. The SMILES string of the molecule is Cc1nc(/C=C/C(=O)NO)cnc1N[C@]1(Cc2ccccc2)CCNC1. The summed E-state index contributed by atoms with van der Waals surface area (Å²) in [6, 6.07) is 10.4. The first-order valence-electron chi connectivity index (χ1n) is 8.59. The van der Waals surface area contributed by atoms with Gasteiger partial charge >= 0.3 is 0 Å². The fraction of sp³-hybridized carbons (Fsp3) is 0.316. The predicted molar refractivity (Wildman–Crippen MR) is 99.7 cm³/mol. The second kappa shape index (κ2) is 8.07. The molecule has 0 bridgehead atoms. The summed E-state index contributed by atoms with van der Waals surface area (Å²) in [5.41, 5.74) is 4.04. The molecule has 1 atom stereocenters. The molecule has 3 rings (SSSR count). The highest BCUT2D eigenvalue weighted by Crippen LogP contribution is 2.26. The van der Waals surface area contributed by atoms with Gasteiger partial charge in [-0.15, -0.1) is 0 Å². The number of carbonyl (C=O) groups excluding carboxylic acids is 1. The largest absolute Gasteiger partial charge is 0.361 e. The van der Waals surface area contributed by atoms with Gasteiger partial charge < -0.3 is 10.6 Å². The van der Waals surface area contributed by atoms with Crippen molar-refractivity contribution in [2.24, 2.45) is 0 Å². The van der Waals surface area contributed by atoms with E-state index in [1.165, 1.54) is 17.7 Å². The maximum Gasteiger partial charge on any atom is 0.267 e. The fourth-order valence-electron chi connectivity index (χ4n) is 3.18. The van der Waals surface area contributed by atoms with Crippen LogP contribution in [-0.2, 0) is 11.2 Å². The Morgan fingerprint density at radius 2 is 2.19 bits per heavy atom. The molecular formula is C19H23N5O2. The van der Waals surface area contributed by atoms with Gasteiger partial charge in [-0.1, -0.05) is 30.3 Å². The van der Waals surface area contributed by atoms with E-state index in [-0.39, 0.29) is 5.54 Å². The number of benzene rings is 1. The minimum atomic E-state index is -0.606. The van der Waals surface area contributed by atoms with Gasteiger partial charge in [0.2, 0.25) is 0 Å². The summed E-state index contributed by atoms with van der Waals surface area (Å²) in [6.45, 7) is 3.71. The highest BCUT2D eigenvalue weighted by atomic mass is 16.5. The number of nitrogens with zero attached hydrogens (tertiary/aromatic N) is 2. The van der Waals surface area contributed by atoms with Crippen molar-refractivity contribution < 1.29 is 10.0 Å². The molecule has 136 valence electrons. The highest BCUT2D eigenvalue weighted by molar-refractivity contribution is 5.90. The highest BCUT2D eigenvalue weighted by Gasteiger charge is 2.34. The molecule has 1 aliphatic rings. The molecule has 1 fully saturated rings. The molecule has 2 heterocycles. The summed E-state index contributed by atoms with van der Waals surface area (Å²) in [5.74, 6) is 0.138. The number of nitrogens with one attached hydrogen (secondary N) is 3. The number of amides is 1. The summed E-state index contributed by atoms with van der Waals surface area (Å²) < 4.78 is 0. The Bertz CT molecular complexity index is 786. The van der Waals surface area contributed by atoms with Crippen molar-refractivity contribution in [1.82, 2.24) is 20.8 Å². The number of carbonyl (C=O) groups is 1. The summed E-state index contributed by atoms with van der Waals surface area (Å²) >= 11 is 0. The predicted octanol–water partition coefficient (Wildman–Crippen LogP) is 1.69. The van der Waals surface area contributed by atoms with Crippen LogP contribution in [0.4, 0.5) is 5.82 Å². The molecule has 7 nitrogen and oxygen atoms in total. The van der Waals surface area contributed by atoms with E-state index in [9.17, 15) is 4.79 Å². The van der Waals surface area contributed by atoms with Crippen molar-refractivity contribution in [3.8, 4) is 0 Å². The van der Waals surface area contributed by atoms with E-state index in [4.69, 9.17) is 5.21 Å². The Labute approximate surface area is 152 Å². The molecule has 7 heteroatoms. The zero-order valence-electron chi connectivity index (χ0n) is 14.7. The first-order chi connectivity index (χ1) is 12.6. The fourth-order valence-corrected chi connectivity index (χ4v) is 3.18. The Morgan fingerprint density at radius 1 is 1.38 bits per heavy atom. The Morgan fingerprint density at radius 3 is 2.85 bits per heavy atom. The lowest BCUT2D eigenvalue weighted by molar-refractivity contribution is -0.124. The third kappa shape index (κ3) is 4.44. The molecule has 1 aromatic carbocycles. The van der Waals surface area contributed by atoms with Gasteiger partial charge in [0.25, 0.3) is 5.91 Å². The molecule has 1 saturated heterocycles. The number of rotatable bonds is 6. The van der Waals surface area contributed by atoms with Gasteiger partial charge in [0, 0.05) is 12.6 Å². The summed E-state index contributed by atoms with van der Waals surface area (Å²) in [7, 11) is 0. The molecule has 2 aromatic rings. The Hall–Kier alpha value is -2.77. The van der Waals surface area contributed by atoms with Crippen LogP contribution in [0.5, 0.6) is 0 Å². The molecule has 0 aliphatic carbocycles. The van der Waals surface area contributed by atoms with Crippen LogP contribution >= 0.6 is 0 Å². The molecule has 0 spiro atoms. The lowest BCUT2D eigenvalue weighted by atomic mass is 9.89. The van der Waals surface area contributed by atoms with E-state index >= 15 is 0 Å². The smallest absolute Gasteiger partial charge is 0.267 e. The van der Waals surface area contributed by atoms with Gasteiger partial charge in [0.05, 0.1) is 23.1 Å². The number of hydrogen-bond acceptors (Lipinski definition) is 6. The van der Waals surface area contributed by atoms with Crippen molar-refractivity contribution >= 4 is 17.8 Å². The number of aromatic nitrogens is 2. The first-order valence-corrected chi connectivity index (χ1v) is 8.59. The quantitative estimate of drug-likeness (QED) is 0.358. The van der Waals surface area contributed by atoms with E-state index in [0.717, 1.165) is 37.4 Å². The van der Waals surface area contributed by atoms with Crippen LogP contribution < -0.4 is 16.1 Å². The molecule has 1 aromatic heterocycles. The zero-order chi connectivity index (χ0) is 18.4. The number of hydroxylamine groups is 1. The van der Waals surface area contributed by atoms with Crippen molar-refractivity contribution in [3.05, 3.63) is 59.6 Å². The molecule has 0 saturated carbocycles. The van der Waals surface area contributed by atoms with Gasteiger partial charge in [0.1, 0.15) is 5.82 Å². The molecule has 0 radical (unpaired) electrons. The maximum atomic E-state index is 11.1. The van der Waals surface area contributed by atoms with Crippen LogP contribution in [-0.4, -0.2) is 39.7 Å². The second-order valence-electron chi connectivity index (χ2n) is 6.53. The number of aryl methyl sites for hydroxylation is 1. The van der Waals surface area contributed by atoms with E-state index < -0.39 is 5.91 Å². The topological polar surface area (TPSA) is 99.2 Å². The lowest BCUT2D eigenvalue weighted by Gasteiger charge is -2.31. The molecule has 0 unspecified atom stereocenters. The monoisotopic (exact) mass is 353 g/mol. The Kier molecular flexibility index (Phi) is 5.60. The van der Waals surface area contributed by atoms with Gasteiger partial charge in [-0.2, -0.15) is 0 Å². The van der Waals surface area contributed by atoms with Gasteiger partial charge in [-0.05, 0) is 37.9 Å². The molecule has 26 heavy (non-hydrogen) atoms. The van der Waals surface area contributed by atoms with Crippen molar-refractivity contribution in [3.63, 3.8) is 0 Å². The zero-order valence-corrected chi connectivity index (χ0v) is 14.7. The van der Waals surface area contributed by atoms with Gasteiger partial charge in [0.15, 0.2) is 0 Å². The summed E-state index contributed by atoms with van der Waals surface area (Å²) in [4.78, 5) is 20.0. The van der Waals surface area contributed by atoms with Crippen LogP contribution in [0, 0.1) is 6.92 Å². The van der Waals surface area contributed by atoms with E-state index in [1.807, 2.05) is 13.0 Å². The van der Waals surface area contributed by atoms with Gasteiger partial charge in [-0.3, -0.25) is 10.0 Å². The summed E-state index contributed by atoms with van der Waals surface area (Å²) in [6.07, 6.45) is 6.22. The third-order valence-electron chi connectivity index (χ3n) is 4.49. The molecule has 1 amide bonds. The number of hydrogen-bond donors (Lipinski definition) is 4. The Balaban J connectivity index is 1.77. The van der Waals surface area contributed by atoms with E-state index in [1.54, 1.807) is 11.7 Å². The molecule has 1 aliphatic heterocycles.